The number of hydrogen-bond donors (Lipinski definition) is 0. The molecule has 0 aliphatic carbocycles. The molecule has 0 spiro atoms. The first kappa shape index (κ1) is 27.2. The molecule has 0 N–H and O–H groups in total. The maximum absolute atomic E-state index is 14.8. The third-order valence-electron chi connectivity index (χ3n) is 6.15. The van der Waals surface area contributed by atoms with Crippen LogP contribution in [0.4, 0.5) is 23.2 Å². The number of aryl methyl sites for hydroxylation is 2. The van der Waals surface area contributed by atoms with Crippen LogP contribution >= 0.6 is 11.6 Å². The number of rotatable bonds is 6. The molecule has 40 heavy (non-hydrogen) atoms. The lowest BCUT2D eigenvalue weighted by molar-refractivity contribution is -0.141. The molecule has 0 atom stereocenters. The number of anilines is 1. The maximum atomic E-state index is 14.8. The number of alkyl halides is 3. The van der Waals surface area contributed by atoms with Gasteiger partial charge < -0.3 is 14.1 Å². The third kappa shape index (κ3) is 5.24. The lowest BCUT2D eigenvalue weighted by Gasteiger charge is -2.18. The number of ether oxygens (including phenoxy) is 1. The highest BCUT2D eigenvalue weighted by Crippen LogP contribution is 2.37. The van der Waals surface area contributed by atoms with Gasteiger partial charge in [0, 0.05) is 31.7 Å². The van der Waals surface area contributed by atoms with Crippen molar-refractivity contribution in [1.82, 2.24) is 14.8 Å². The Labute approximate surface area is 230 Å². The summed E-state index contributed by atoms with van der Waals surface area (Å²) < 4.78 is 68.1. The number of hydrogen-bond acceptors (Lipinski definition) is 5. The highest BCUT2D eigenvalue weighted by molar-refractivity contribution is 6.32. The predicted octanol–water partition coefficient (Wildman–Crippen LogP) is 7.30. The van der Waals surface area contributed by atoms with E-state index in [0.717, 1.165) is 21.2 Å². The standard InChI is InChI=1S/C28H21ClF4N4O3/c1-15-7-9-19(10-8-15)39-14-23-25(29)26(28(31,32)33)35-37(23)18-6-4-5-17(11-18)27(38)36(3)22-13-24-21(12-20(22)30)34-16(2)40-24/h4-13H,14H2,1-3H3. The van der Waals surface area contributed by atoms with E-state index in [2.05, 4.69) is 10.1 Å². The van der Waals surface area contributed by atoms with Gasteiger partial charge in [-0.3, -0.25) is 4.79 Å². The number of halogens is 5. The molecule has 0 aliphatic heterocycles. The maximum Gasteiger partial charge on any atom is 0.436 e. The van der Waals surface area contributed by atoms with Crippen molar-refractivity contribution in [2.75, 3.05) is 11.9 Å². The van der Waals surface area contributed by atoms with E-state index >= 15 is 0 Å². The smallest absolute Gasteiger partial charge is 0.436 e. The zero-order valence-corrected chi connectivity index (χ0v) is 22.1. The first-order valence-electron chi connectivity index (χ1n) is 11.9. The molecule has 206 valence electrons. The number of nitrogens with zero attached hydrogens (tertiary/aromatic N) is 4. The van der Waals surface area contributed by atoms with Gasteiger partial charge >= 0.3 is 6.18 Å². The number of amides is 1. The van der Waals surface area contributed by atoms with Crippen LogP contribution in [-0.2, 0) is 12.8 Å². The van der Waals surface area contributed by atoms with E-state index in [9.17, 15) is 22.4 Å². The van der Waals surface area contributed by atoms with E-state index in [1.807, 2.05) is 6.92 Å². The van der Waals surface area contributed by atoms with Gasteiger partial charge in [0.05, 0.1) is 16.4 Å². The molecule has 0 saturated carbocycles. The minimum atomic E-state index is -4.83. The quantitative estimate of drug-likeness (QED) is 0.200. The van der Waals surface area contributed by atoms with Crippen LogP contribution in [0.15, 0.2) is 65.1 Å². The van der Waals surface area contributed by atoms with Crippen LogP contribution in [0.5, 0.6) is 5.75 Å². The first-order chi connectivity index (χ1) is 18.9. The Morgan fingerprint density at radius 3 is 2.52 bits per heavy atom. The van der Waals surface area contributed by atoms with Gasteiger partial charge in [-0.25, -0.2) is 14.1 Å². The van der Waals surface area contributed by atoms with Gasteiger partial charge in [0.1, 0.15) is 29.4 Å². The minimum absolute atomic E-state index is 0.0623. The number of oxazole rings is 1. The van der Waals surface area contributed by atoms with Crippen LogP contribution in [0.1, 0.15) is 33.2 Å². The summed E-state index contributed by atoms with van der Waals surface area (Å²) in [6.45, 7) is 3.17. The van der Waals surface area contributed by atoms with Crippen LogP contribution in [0.25, 0.3) is 16.8 Å². The highest BCUT2D eigenvalue weighted by Gasteiger charge is 2.39. The van der Waals surface area contributed by atoms with Gasteiger partial charge in [-0.1, -0.05) is 35.4 Å². The van der Waals surface area contributed by atoms with E-state index in [4.69, 9.17) is 20.8 Å². The summed E-state index contributed by atoms with van der Waals surface area (Å²) in [5.74, 6) is -0.555. The Morgan fingerprint density at radius 2 is 1.82 bits per heavy atom. The molecule has 0 bridgehead atoms. The van der Waals surface area contributed by atoms with Crippen molar-refractivity contribution in [3.63, 3.8) is 0 Å². The molecule has 12 heteroatoms. The first-order valence-corrected chi connectivity index (χ1v) is 12.3. The predicted molar refractivity (Wildman–Crippen MR) is 141 cm³/mol. The van der Waals surface area contributed by atoms with Crippen LogP contribution in [0, 0.1) is 19.7 Å². The zero-order valence-electron chi connectivity index (χ0n) is 21.4. The number of fused-ring (bicyclic) bond motifs is 1. The normalized spacial score (nSPS) is 11.7. The largest absolute Gasteiger partial charge is 0.487 e. The molecule has 5 aromatic rings. The molecular weight excluding hydrogens is 552 g/mol. The van der Waals surface area contributed by atoms with E-state index in [1.54, 1.807) is 31.2 Å². The number of carbonyl (C=O) groups is 1. The fraction of sp³-hybridized carbons (Fsp3) is 0.179. The van der Waals surface area contributed by atoms with Crippen LogP contribution in [-0.4, -0.2) is 27.7 Å². The lowest BCUT2D eigenvalue weighted by atomic mass is 10.1. The van der Waals surface area contributed by atoms with E-state index in [-0.39, 0.29) is 29.2 Å². The molecule has 0 radical (unpaired) electrons. The van der Waals surface area contributed by atoms with Gasteiger partial charge in [0.2, 0.25) is 0 Å². The van der Waals surface area contributed by atoms with Gasteiger partial charge in [-0.15, -0.1) is 0 Å². The molecule has 0 aliphatic rings. The molecule has 2 aromatic heterocycles. The molecule has 0 fully saturated rings. The molecular formula is C28H21ClF4N4O3. The summed E-state index contributed by atoms with van der Waals surface area (Å²) in [5, 5.41) is 3.09. The molecule has 5 rings (SSSR count). The van der Waals surface area contributed by atoms with Crippen molar-refractivity contribution in [2.24, 2.45) is 0 Å². The van der Waals surface area contributed by atoms with Crippen molar-refractivity contribution in [1.29, 1.82) is 0 Å². The van der Waals surface area contributed by atoms with Gasteiger partial charge in [-0.2, -0.15) is 18.3 Å². The highest BCUT2D eigenvalue weighted by atomic mass is 35.5. The topological polar surface area (TPSA) is 73.4 Å². The molecule has 0 unspecified atom stereocenters. The number of aromatic nitrogens is 3. The minimum Gasteiger partial charge on any atom is -0.487 e. The van der Waals surface area contributed by atoms with E-state index in [1.165, 1.54) is 37.4 Å². The fourth-order valence-electron chi connectivity index (χ4n) is 4.12. The van der Waals surface area contributed by atoms with Crippen molar-refractivity contribution in [2.45, 2.75) is 26.6 Å². The van der Waals surface area contributed by atoms with Gasteiger partial charge in [-0.05, 0) is 37.3 Å². The summed E-state index contributed by atoms with van der Waals surface area (Å²) >= 11 is 6.14. The summed E-state index contributed by atoms with van der Waals surface area (Å²) in [5.41, 5.74) is 0.363. The van der Waals surface area contributed by atoms with E-state index in [0.29, 0.717) is 22.7 Å². The summed E-state index contributed by atoms with van der Waals surface area (Å²) in [7, 11) is 1.37. The van der Waals surface area contributed by atoms with Crippen LogP contribution < -0.4 is 9.64 Å². The van der Waals surface area contributed by atoms with Gasteiger partial charge in [0.15, 0.2) is 17.2 Å². The monoisotopic (exact) mass is 572 g/mol. The average Bonchev–Trinajstić information content (AvgIpc) is 3.45. The lowest BCUT2D eigenvalue weighted by Crippen LogP contribution is -2.27. The van der Waals surface area contributed by atoms with Gasteiger partial charge in [0.25, 0.3) is 5.91 Å². The Bertz CT molecular complexity index is 1730. The fourth-order valence-corrected chi connectivity index (χ4v) is 4.40. The number of benzene rings is 3. The Kier molecular flexibility index (Phi) is 7.01. The second-order valence-corrected chi connectivity index (χ2v) is 9.42. The van der Waals surface area contributed by atoms with Crippen molar-refractivity contribution in [3.8, 4) is 11.4 Å². The Hall–Kier alpha value is -4.38. The zero-order chi connectivity index (χ0) is 28.8. The molecule has 2 heterocycles. The van der Waals surface area contributed by atoms with Crippen LogP contribution in [0.2, 0.25) is 5.02 Å². The van der Waals surface area contributed by atoms with E-state index < -0.39 is 28.6 Å². The molecule has 1 amide bonds. The molecule has 3 aromatic carbocycles. The number of carbonyl (C=O) groups excluding carboxylic acids is 1. The second kappa shape index (κ2) is 10.3. The summed E-state index contributed by atoms with van der Waals surface area (Å²) in [6.07, 6.45) is -4.83. The second-order valence-electron chi connectivity index (χ2n) is 9.04. The van der Waals surface area contributed by atoms with Crippen molar-refractivity contribution >= 4 is 34.3 Å². The Balaban J connectivity index is 1.50. The molecule has 0 saturated heterocycles. The third-order valence-corrected chi connectivity index (χ3v) is 6.55. The van der Waals surface area contributed by atoms with Crippen molar-refractivity contribution < 1.29 is 31.5 Å². The van der Waals surface area contributed by atoms with Crippen LogP contribution in [0.3, 0.4) is 0 Å². The summed E-state index contributed by atoms with van der Waals surface area (Å²) in [4.78, 5) is 18.5. The Morgan fingerprint density at radius 1 is 1.10 bits per heavy atom. The molecule has 7 nitrogen and oxygen atoms in total. The van der Waals surface area contributed by atoms with Crippen molar-refractivity contribution in [3.05, 3.63) is 99.9 Å². The SMILES string of the molecule is Cc1ccc(OCc2c(Cl)c(C(F)(F)F)nn2-c2cccc(C(=O)N(C)c3cc4oc(C)nc4cc3F)c2)cc1. The summed E-state index contributed by atoms with van der Waals surface area (Å²) in [6, 6.07) is 15.2. The average molecular weight is 573 g/mol.